The predicted octanol–water partition coefficient (Wildman–Crippen LogP) is 2.69. The SMILES string of the molecule is Cc1nc(C)c(C(C)N(C)C(=O)c2cncc(C(=O)O)c2)s1. The molecule has 1 unspecified atom stereocenters. The standard InChI is InChI=1S/C15H17N3O3S/c1-8-13(22-10(3)17-8)9(2)18(4)14(19)11-5-12(15(20)21)7-16-6-11/h5-7,9H,1-4H3,(H,20,21). The Morgan fingerprint density at radius 3 is 2.45 bits per heavy atom. The number of hydrogen-bond acceptors (Lipinski definition) is 5. The monoisotopic (exact) mass is 319 g/mol. The second-order valence-electron chi connectivity index (χ2n) is 5.04. The predicted molar refractivity (Wildman–Crippen MR) is 83.3 cm³/mol. The minimum atomic E-state index is -1.10. The Morgan fingerprint density at radius 1 is 1.27 bits per heavy atom. The van der Waals surface area contributed by atoms with Crippen LogP contribution in [-0.4, -0.2) is 38.9 Å². The third-order valence-electron chi connectivity index (χ3n) is 3.45. The topological polar surface area (TPSA) is 83.4 Å². The summed E-state index contributed by atoms with van der Waals surface area (Å²) < 4.78 is 0. The molecule has 0 aliphatic heterocycles. The van der Waals surface area contributed by atoms with Crippen molar-refractivity contribution in [2.45, 2.75) is 26.8 Å². The third-order valence-corrected chi connectivity index (χ3v) is 4.70. The summed E-state index contributed by atoms with van der Waals surface area (Å²) in [6.07, 6.45) is 2.60. The Bertz CT molecular complexity index is 727. The zero-order valence-corrected chi connectivity index (χ0v) is 13.6. The van der Waals surface area contributed by atoms with Gasteiger partial charge in [0.1, 0.15) is 0 Å². The van der Waals surface area contributed by atoms with E-state index in [0.29, 0.717) is 0 Å². The van der Waals surface area contributed by atoms with E-state index in [1.54, 1.807) is 23.3 Å². The average Bonchev–Trinajstić information content (AvgIpc) is 2.83. The molecule has 0 aliphatic rings. The lowest BCUT2D eigenvalue weighted by molar-refractivity contribution is 0.0696. The molecule has 2 aromatic heterocycles. The molecule has 0 saturated heterocycles. The van der Waals surface area contributed by atoms with Crippen LogP contribution in [0.3, 0.4) is 0 Å². The number of aromatic nitrogens is 2. The summed E-state index contributed by atoms with van der Waals surface area (Å²) in [5, 5.41) is 9.94. The summed E-state index contributed by atoms with van der Waals surface area (Å²) in [5.74, 6) is -1.37. The largest absolute Gasteiger partial charge is 0.478 e. The number of carbonyl (C=O) groups is 2. The molecular formula is C15H17N3O3S. The quantitative estimate of drug-likeness (QED) is 0.936. The van der Waals surface area contributed by atoms with Crippen LogP contribution in [0.15, 0.2) is 18.5 Å². The molecule has 0 radical (unpaired) electrons. The van der Waals surface area contributed by atoms with E-state index in [9.17, 15) is 9.59 Å². The van der Waals surface area contributed by atoms with Gasteiger partial charge in [-0.25, -0.2) is 9.78 Å². The Kier molecular flexibility index (Phi) is 4.56. The smallest absolute Gasteiger partial charge is 0.337 e. The van der Waals surface area contributed by atoms with Crippen LogP contribution in [0, 0.1) is 13.8 Å². The summed E-state index contributed by atoms with van der Waals surface area (Å²) in [6.45, 7) is 5.77. The first-order valence-corrected chi connectivity index (χ1v) is 7.52. The van der Waals surface area contributed by atoms with Crippen molar-refractivity contribution in [3.8, 4) is 0 Å². The van der Waals surface area contributed by atoms with Crippen LogP contribution in [0.25, 0.3) is 0 Å². The number of nitrogens with zero attached hydrogens (tertiary/aromatic N) is 3. The van der Waals surface area contributed by atoms with Crippen LogP contribution in [0.1, 0.15) is 49.3 Å². The van der Waals surface area contributed by atoms with Crippen molar-refractivity contribution in [2.24, 2.45) is 0 Å². The Balaban J connectivity index is 2.27. The van der Waals surface area contributed by atoms with Crippen LogP contribution >= 0.6 is 11.3 Å². The highest BCUT2D eigenvalue weighted by Gasteiger charge is 2.23. The van der Waals surface area contributed by atoms with Crippen molar-refractivity contribution in [1.29, 1.82) is 0 Å². The molecule has 6 nitrogen and oxygen atoms in total. The molecule has 2 rings (SSSR count). The van der Waals surface area contributed by atoms with Crippen LogP contribution in [-0.2, 0) is 0 Å². The molecule has 0 aliphatic carbocycles. The maximum atomic E-state index is 12.5. The van der Waals surface area contributed by atoms with Crippen molar-refractivity contribution in [3.63, 3.8) is 0 Å². The van der Waals surface area contributed by atoms with Crippen molar-refractivity contribution >= 4 is 23.2 Å². The first-order chi connectivity index (χ1) is 10.3. The number of amides is 1. The van der Waals surface area contributed by atoms with Gasteiger partial charge in [-0.05, 0) is 26.8 Å². The third kappa shape index (κ3) is 3.14. The van der Waals surface area contributed by atoms with Gasteiger partial charge in [0.25, 0.3) is 5.91 Å². The van der Waals surface area contributed by atoms with Crippen molar-refractivity contribution in [2.75, 3.05) is 7.05 Å². The van der Waals surface area contributed by atoms with E-state index in [1.807, 2.05) is 20.8 Å². The number of thiazole rings is 1. The van der Waals surface area contributed by atoms with E-state index in [0.717, 1.165) is 15.6 Å². The van der Waals surface area contributed by atoms with E-state index in [-0.39, 0.29) is 23.1 Å². The molecule has 0 saturated carbocycles. The van der Waals surface area contributed by atoms with Crippen LogP contribution in [0.5, 0.6) is 0 Å². The van der Waals surface area contributed by atoms with E-state index >= 15 is 0 Å². The van der Waals surface area contributed by atoms with Gasteiger partial charge in [0.15, 0.2) is 0 Å². The minimum Gasteiger partial charge on any atom is -0.478 e. The Labute approximate surface area is 132 Å². The highest BCUT2D eigenvalue weighted by atomic mass is 32.1. The molecule has 2 aromatic rings. The van der Waals surface area contributed by atoms with Gasteiger partial charge in [0.2, 0.25) is 0 Å². The van der Waals surface area contributed by atoms with Gasteiger partial charge < -0.3 is 10.0 Å². The van der Waals surface area contributed by atoms with Crippen LogP contribution in [0.2, 0.25) is 0 Å². The summed E-state index contributed by atoms with van der Waals surface area (Å²) in [4.78, 5) is 34.3. The van der Waals surface area contributed by atoms with Gasteiger partial charge in [-0.2, -0.15) is 0 Å². The molecule has 116 valence electrons. The number of aryl methyl sites for hydroxylation is 2. The number of carbonyl (C=O) groups excluding carboxylic acids is 1. The first kappa shape index (κ1) is 16.1. The molecule has 1 atom stereocenters. The molecule has 2 heterocycles. The average molecular weight is 319 g/mol. The molecule has 0 fully saturated rings. The fraction of sp³-hybridized carbons (Fsp3) is 0.333. The van der Waals surface area contributed by atoms with E-state index in [1.165, 1.54) is 18.5 Å². The van der Waals surface area contributed by atoms with Crippen molar-refractivity contribution < 1.29 is 14.7 Å². The maximum absolute atomic E-state index is 12.5. The number of aromatic carboxylic acids is 1. The molecule has 0 spiro atoms. The summed E-state index contributed by atoms with van der Waals surface area (Å²) in [6, 6.07) is 1.19. The Morgan fingerprint density at radius 2 is 1.91 bits per heavy atom. The van der Waals surface area contributed by atoms with Crippen LogP contribution < -0.4 is 0 Å². The molecule has 22 heavy (non-hydrogen) atoms. The second kappa shape index (κ2) is 6.23. The van der Waals surface area contributed by atoms with Gasteiger partial charge in [-0.3, -0.25) is 9.78 Å². The van der Waals surface area contributed by atoms with Gasteiger partial charge in [0.05, 0.1) is 27.9 Å². The molecular weight excluding hydrogens is 302 g/mol. The number of carboxylic acids is 1. The minimum absolute atomic E-state index is 0.00304. The number of pyridine rings is 1. The fourth-order valence-electron chi connectivity index (χ4n) is 2.16. The lowest BCUT2D eigenvalue weighted by atomic mass is 10.1. The zero-order chi connectivity index (χ0) is 16.4. The molecule has 7 heteroatoms. The van der Waals surface area contributed by atoms with Crippen molar-refractivity contribution in [3.05, 3.63) is 45.2 Å². The number of rotatable bonds is 4. The van der Waals surface area contributed by atoms with Gasteiger partial charge in [0, 0.05) is 24.3 Å². The van der Waals surface area contributed by atoms with Gasteiger partial charge in [-0.15, -0.1) is 11.3 Å². The zero-order valence-electron chi connectivity index (χ0n) is 12.8. The van der Waals surface area contributed by atoms with Crippen molar-refractivity contribution in [1.82, 2.24) is 14.9 Å². The lowest BCUT2D eigenvalue weighted by Crippen LogP contribution is -2.29. The van der Waals surface area contributed by atoms with Crippen LogP contribution in [0.4, 0.5) is 0 Å². The number of hydrogen-bond donors (Lipinski definition) is 1. The lowest BCUT2D eigenvalue weighted by Gasteiger charge is -2.24. The second-order valence-corrected chi connectivity index (χ2v) is 6.28. The number of carboxylic acid groups (broad SMARTS) is 1. The maximum Gasteiger partial charge on any atom is 0.337 e. The van der Waals surface area contributed by atoms with E-state index in [4.69, 9.17) is 5.11 Å². The molecule has 1 amide bonds. The summed E-state index contributed by atoms with van der Waals surface area (Å²) in [7, 11) is 1.69. The Hall–Kier alpha value is -2.28. The summed E-state index contributed by atoms with van der Waals surface area (Å²) >= 11 is 1.56. The fourth-order valence-corrected chi connectivity index (χ4v) is 3.19. The summed E-state index contributed by atoms with van der Waals surface area (Å²) in [5.41, 5.74) is 1.16. The molecule has 0 bridgehead atoms. The van der Waals surface area contributed by atoms with Gasteiger partial charge >= 0.3 is 5.97 Å². The van der Waals surface area contributed by atoms with E-state index < -0.39 is 5.97 Å². The van der Waals surface area contributed by atoms with Gasteiger partial charge in [-0.1, -0.05) is 0 Å². The van der Waals surface area contributed by atoms with E-state index in [2.05, 4.69) is 9.97 Å². The highest BCUT2D eigenvalue weighted by Crippen LogP contribution is 2.29. The molecule has 1 N–H and O–H groups in total. The highest BCUT2D eigenvalue weighted by molar-refractivity contribution is 7.11. The normalized spacial score (nSPS) is 12.0. The first-order valence-electron chi connectivity index (χ1n) is 6.70. The molecule has 0 aromatic carbocycles.